The molecule has 2 N–H and O–H groups in total. The summed E-state index contributed by atoms with van der Waals surface area (Å²) in [6, 6.07) is 56.1. The summed E-state index contributed by atoms with van der Waals surface area (Å²) in [5.41, 5.74) is 15.2. The molecule has 0 bridgehead atoms. The Labute approximate surface area is 299 Å². The second-order valence-electron chi connectivity index (χ2n) is 13.1. The summed E-state index contributed by atoms with van der Waals surface area (Å²) in [5, 5.41) is 8.76. The summed E-state index contributed by atoms with van der Waals surface area (Å²) in [4.78, 5) is 10.1. The molecule has 5 nitrogen and oxygen atoms in total. The monoisotopic (exact) mass is 669 g/mol. The third kappa shape index (κ3) is 5.10. The van der Waals surface area contributed by atoms with Crippen LogP contribution in [0, 0.1) is 0 Å². The lowest BCUT2D eigenvalue weighted by Gasteiger charge is -2.10. The van der Waals surface area contributed by atoms with Crippen LogP contribution in [0.15, 0.2) is 183 Å². The van der Waals surface area contributed by atoms with Crippen LogP contribution < -0.4 is 5.73 Å². The summed E-state index contributed by atoms with van der Waals surface area (Å²) >= 11 is 0. The number of hydrogen-bond donors (Lipinski definition) is 1. The Kier molecular flexibility index (Phi) is 6.96. The predicted octanol–water partition coefficient (Wildman–Crippen LogP) is 11.8. The lowest BCUT2D eigenvalue weighted by molar-refractivity contribution is 0.668. The van der Waals surface area contributed by atoms with Gasteiger partial charge in [-0.1, -0.05) is 121 Å². The minimum absolute atomic E-state index is 0.370. The van der Waals surface area contributed by atoms with Gasteiger partial charge in [0.25, 0.3) is 0 Å². The second-order valence-corrected chi connectivity index (χ2v) is 13.1. The molecule has 0 aliphatic rings. The Morgan fingerprint density at radius 3 is 1.96 bits per heavy atom. The Balaban J connectivity index is 1.11. The highest BCUT2D eigenvalue weighted by atomic mass is 16.3. The molecule has 5 heteroatoms. The predicted molar refractivity (Wildman–Crippen MR) is 215 cm³/mol. The maximum Gasteiger partial charge on any atom is 0.157 e. The van der Waals surface area contributed by atoms with E-state index < -0.39 is 0 Å². The second kappa shape index (κ2) is 12.1. The van der Waals surface area contributed by atoms with Crippen LogP contribution in [-0.2, 0) is 6.54 Å². The summed E-state index contributed by atoms with van der Waals surface area (Å²) in [6.45, 7) is 0.471. The molecule has 10 aromatic rings. The zero-order valence-electron chi connectivity index (χ0n) is 28.1. The van der Waals surface area contributed by atoms with Crippen LogP contribution >= 0.6 is 0 Å². The number of benzene rings is 8. The third-order valence-corrected chi connectivity index (χ3v) is 9.97. The standard InChI is InChI=1S/C47H31N3O2/c48-46(50-47(49-28-29-9-2-1-3-10-29)34-20-19-31-18-17-30-11-4-5-12-35(30)38(31)27-34)37-14-8-16-44-45(37)40-26-33(22-24-43(40)52-44)32-21-23-42-39(25-32)36-13-6-7-15-41(36)51-42/h1-27H,28H2,(H2,48,49,50). The number of furan rings is 2. The van der Waals surface area contributed by atoms with Gasteiger partial charge in [-0.2, -0.15) is 0 Å². The number of nitrogens with zero attached hydrogens (tertiary/aromatic N) is 2. The van der Waals surface area contributed by atoms with Gasteiger partial charge in [-0.15, -0.1) is 0 Å². The molecule has 52 heavy (non-hydrogen) atoms. The molecule has 0 atom stereocenters. The SMILES string of the molecule is NC(=NC(=NCc1ccccc1)c1ccc2ccc3ccccc3c2c1)c1cccc2oc3ccc(-c4ccc5oc6ccccc6c5c4)cc3c12. The zero-order valence-corrected chi connectivity index (χ0v) is 28.1. The molecular formula is C47H31N3O2. The fourth-order valence-electron chi connectivity index (χ4n) is 7.38. The molecule has 0 unspecified atom stereocenters. The summed E-state index contributed by atoms with van der Waals surface area (Å²) in [6.07, 6.45) is 0. The van der Waals surface area contributed by atoms with Crippen molar-refractivity contribution < 1.29 is 8.83 Å². The van der Waals surface area contributed by atoms with Crippen molar-refractivity contribution in [2.45, 2.75) is 6.54 Å². The lowest BCUT2D eigenvalue weighted by atomic mass is 9.99. The van der Waals surface area contributed by atoms with Crippen LogP contribution in [0.3, 0.4) is 0 Å². The van der Waals surface area contributed by atoms with Gasteiger partial charge in [-0.25, -0.2) is 4.99 Å². The number of para-hydroxylation sites is 1. The lowest BCUT2D eigenvalue weighted by Crippen LogP contribution is -2.17. The van der Waals surface area contributed by atoms with E-state index in [1.165, 1.54) is 10.8 Å². The van der Waals surface area contributed by atoms with Gasteiger partial charge in [0.05, 0.1) is 6.54 Å². The summed E-state index contributed by atoms with van der Waals surface area (Å²) < 4.78 is 12.5. The maximum atomic E-state index is 6.99. The smallest absolute Gasteiger partial charge is 0.157 e. The van der Waals surface area contributed by atoms with Gasteiger partial charge < -0.3 is 14.6 Å². The Hall–Kier alpha value is -6.98. The minimum Gasteiger partial charge on any atom is -0.456 e. The molecule has 8 aromatic carbocycles. The molecule has 0 aliphatic heterocycles. The first-order chi connectivity index (χ1) is 25.7. The molecular weight excluding hydrogens is 639 g/mol. The molecule has 0 saturated carbocycles. The van der Waals surface area contributed by atoms with Crippen LogP contribution in [-0.4, -0.2) is 11.7 Å². The number of fused-ring (bicyclic) bond motifs is 9. The van der Waals surface area contributed by atoms with Crippen molar-refractivity contribution in [2.24, 2.45) is 15.7 Å². The van der Waals surface area contributed by atoms with Crippen molar-refractivity contribution in [3.63, 3.8) is 0 Å². The molecule has 10 rings (SSSR count). The molecule has 0 saturated heterocycles. The Morgan fingerprint density at radius 2 is 1.12 bits per heavy atom. The first-order valence-corrected chi connectivity index (χ1v) is 17.4. The molecule has 2 heterocycles. The molecule has 0 radical (unpaired) electrons. The first-order valence-electron chi connectivity index (χ1n) is 17.4. The van der Waals surface area contributed by atoms with Gasteiger partial charge in [0.15, 0.2) is 5.84 Å². The van der Waals surface area contributed by atoms with Crippen molar-refractivity contribution in [1.29, 1.82) is 0 Å². The van der Waals surface area contributed by atoms with E-state index in [-0.39, 0.29) is 0 Å². The number of rotatable bonds is 5. The molecule has 246 valence electrons. The van der Waals surface area contributed by atoms with Gasteiger partial charge in [0.2, 0.25) is 0 Å². The van der Waals surface area contributed by atoms with E-state index in [9.17, 15) is 0 Å². The highest BCUT2D eigenvalue weighted by Gasteiger charge is 2.17. The number of hydrogen-bond acceptors (Lipinski definition) is 3. The molecule has 2 aromatic heterocycles. The average molecular weight is 670 g/mol. The minimum atomic E-state index is 0.370. The zero-order chi connectivity index (χ0) is 34.6. The quantitative estimate of drug-likeness (QED) is 0.113. The van der Waals surface area contributed by atoms with Crippen LogP contribution in [0.25, 0.3) is 76.5 Å². The van der Waals surface area contributed by atoms with Crippen LogP contribution in [0.1, 0.15) is 16.7 Å². The van der Waals surface area contributed by atoms with Crippen molar-refractivity contribution in [1.82, 2.24) is 0 Å². The van der Waals surface area contributed by atoms with E-state index in [1.807, 2.05) is 66.7 Å². The van der Waals surface area contributed by atoms with E-state index in [1.54, 1.807) is 0 Å². The van der Waals surface area contributed by atoms with E-state index in [4.69, 9.17) is 24.6 Å². The van der Waals surface area contributed by atoms with Crippen molar-refractivity contribution in [3.8, 4) is 11.1 Å². The van der Waals surface area contributed by atoms with E-state index in [2.05, 4.69) is 97.1 Å². The van der Waals surface area contributed by atoms with E-state index in [0.29, 0.717) is 18.2 Å². The molecule has 0 aliphatic carbocycles. The summed E-state index contributed by atoms with van der Waals surface area (Å²) in [7, 11) is 0. The fourth-order valence-corrected chi connectivity index (χ4v) is 7.38. The average Bonchev–Trinajstić information content (AvgIpc) is 3.77. The molecule has 0 fully saturated rings. The fraction of sp³-hybridized carbons (Fsp3) is 0.0213. The van der Waals surface area contributed by atoms with Gasteiger partial charge in [-0.3, -0.25) is 4.99 Å². The highest BCUT2D eigenvalue weighted by molar-refractivity contribution is 6.21. The third-order valence-electron chi connectivity index (χ3n) is 9.97. The Morgan fingerprint density at radius 1 is 0.481 bits per heavy atom. The van der Waals surface area contributed by atoms with Crippen LogP contribution in [0.5, 0.6) is 0 Å². The van der Waals surface area contributed by atoms with E-state index in [0.717, 1.165) is 82.5 Å². The van der Waals surface area contributed by atoms with Gasteiger partial charge >= 0.3 is 0 Å². The number of amidine groups is 2. The van der Waals surface area contributed by atoms with Gasteiger partial charge in [0, 0.05) is 32.7 Å². The van der Waals surface area contributed by atoms with Crippen LogP contribution in [0.2, 0.25) is 0 Å². The van der Waals surface area contributed by atoms with Crippen LogP contribution in [0.4, 0.5) is 0 Å². The first kappa shape index (κ1) is 29.9. The molecule has 0 spiro atoms. The van der Waals surface area contributed by atoms with Crippen molar-refractivity contribution in [2.75, 3.05) is 0 Å². The van der Waals surface area contributed by atoms with Gasteiger partial charge in [0.1, 0.15) is 28.2 Å². The van der Waals surface area contributed by atoms with Crippen molar-refractivity contribution in [3.05, 3.63) is 180 Å². The number of nitrogens with two attached hydrogens (primary N) is 1. The normalized spacial score (nSPS) is 12.6. The summed E-state index contributed by atoms with van der Waals surface area (Å²) in [5.74, 6) is 0.942. The Bertz CT molecular complexity index is 3060. The van der Waals surface area contributed by atoms with E-state index >= 15 is 0 Å². The van der Waals surface area contributed by atoms with Gasteiger partial charge in [-0.05, 0) is 80.7 Å². The largest absolute Gasteiger partial charge is 0.456 e. The topological polar surface area (TPSA) is 77.0 Å². The maximum absolute atomic E-state index is 6.99. The highest BCUT2D eigenvalue weighted by Crippen LogP contribution is 2.37. The molecule has 0 amide bonds. The van der Waals surface area contributed by atoms with Crippen molar-refractivity contribution >= 4 is 77.1 Å². The number of aliphatic imine (C=N–C) groups is 2.